The lowest BCUT2D eigenvalue weighted by Gasteiger charge is -2.26. The highest BCUT2D eigenvalue weighted by atomic mass is 15.0. The summed E-state index contributed by atoms with van der Waals surface area (Å²) in [5.41, 5.74) is 8.01. The largest absolute Gasteiger partial charge is 0.306 e. The lowest BCUT2D eigenvalue weighted by atomic mass is 9.81. The van der Waals surface area contributed by atoms with Crippen molar-refractivity contribution in [1.29, 1.82) is 0 Å². The average Bonchev–Trinajstić information content (AvgIpc) is 3.29. The van der Waals surface area contributed by atoms with Gasteiger partial charge in [0.25, 0.3) is 0 Å². The molecule has 2 heteroatoms. The molecule has 0 amide bonds. The van der Waals surface area contributed by atoms with E-state index in [9.17, 15) is 0 Å². The van der Waals surface area contributed by atoms with Gasteiger partial charge in [0.05, 0.1) is 12.0 Å². The van der Waals surface area contributed by atoms with E-state index in [0.717, 1.165) is 0 Å². The molecule has 0 aliphatic heterocycles. The molecule has 30 heavy (non-hydrogen) atoms. The van der Waals surface area contributed by atoms with E-state index in [4.69, 9.17) is 0 Å². The summed E-state index contributed by atoms with van der Waals surface area (Å²) in [4.78, 5) is 4.32. The van der Waals surface area contributed by atoms with E-state index < -0.39 is 0 Å². The maximum atomic E-state index is 4.32. The van der Waals surface area contributed by atoms with Gasteiger partial charge >= 0.3 is 0 Å². The molecule has 1 heterocycles. The normalized spacial score (nSPS) is 11.6. The predicted molar refractivity (Wildman–Crippen MR) is 126 cm³/mol. The topological polar surface area (TPSA) is 17.8 Å². The monoisotopic (exact) mass is 394 g/mol. The second kappa shape index (κ2) is 8.71. The van der Waals surface area contributed by atoms with Gasteiger partial charge in [-0.1, -0.05) is 100 Å². The van der Waals surface area contributed by atoms with Gasteiger partial charge in [0.2, 0.25) is 0 Å². The van der Waals surface area contributed by atoms with Crippen molar-refractivity contribution in [2.45, 2.75) is 45.4 Å². The lowest BCUT2D eigenvalue weighted by molar-refractivity contribution is 0.795. The third-order valence-electron chi connectivity index (χ3n) is 5.80. The molecule has 0 radical (unpaired) electrons. The molecule has 0 spiro atoms. The fourth-order valence-electron chi connectivity index (χ4n) is 4.31. The first kappa shape index (κ1) is 20.2. The van der Waals surface area contributed by atoms with Crippen LogP contribution in [0.3, 0.4) is 0 Å². The van der Waals surface area contributed by atoms with Crippen molar-refractivity contribution in [3.05, 3.63) is 119 Å². The number of nitrogens with zero attached hydrogens (tertiary/aromatic N) is 2. The van der Waals surface area contributed by atoms with Crippen LogP contribution in [0, 0.1) is 0 Å². The maximum absolute atomic E-state index is 4.32. The second-order valence-electron chi connectivity index (χ2n) is 8.58. The Balaban J connectivity index is 1.99. The van der Waals surface area contributed by atoms with Crippen LogP contribution in [-0.2, 0) is 0 Å². The Morgan fingerprint density at radius 2 is 1.17 bits per heavy atom. The van der Waals surface area contributed by atoms with Gasteiger partial charge in [0.1, 0.15) is 0 Å². The SMILES string of the molecule is CC(C)c1cc(C(c2ccccc2)c2ccccc2)cc(C(C)C)c1-n1ccnc1. The first-order valence-electron chi connectivity index (χ1n) is 10.8. The van der Waals surface area contributed by atoms with Crippen molar-refractivity contribution in [3.63, 3.8) is 0 Å². The molecule has 0 atom stereocenters. The zero-order valence-electron chi connectivity index (χ0n) is 18.3. The van der Waals surface area contributed by atoms with E-state index in [2.05, 4.69) is 116 Å². The molecule has 0 saturated carbocycles. The quantitative estimate of drug-likeness (QED) is 0.314. The second-order valence-corrected chi connectivity index (χ2v) is 8.58. The van der Waals surface area contributed by atoms with Crippen LogP contribution in [0.2, 0.25) is 0 Å². The van der Waals surface area contributed by atoms with Crippen LogP contribution < -0.4 is 0 Å². The highest BCUT2D eigenvalue weighted by Crippen LogP contribution is 2.39. The molecule has 0 fully saturated rings. The minimum atomic E-state index is 0.208. The minimum absolute atomic E-state index is 0.208. The molecule has 0 aliphatic carbocycles. The van der Waals surface area contributed by atoms with Gasteiger partial charge in [-0.15, -0.1) is 0 Å². The van der Waals surface area contributed by atoms with E-state index in [0.29, 0.717) is 11.8 Å². The Hall–Kier alpha value is -3.13. The molecule has 3 aromatic carbocycles. The first-order chi connectivity index (χ1) is 14.6. The van der Waals surface area contributed by atoms with E-state index in [1.54, 1.807) is 0 Å². The van der Waals surface area contributed by atoms with Crippen molar-refractivity contribution in [3.8, 4) is 5.69 Å². The van der Waals surface area contributed by atoms with Crippen molar-refractivity contribution in [1.82, 2.24) is 9.55 Å². The lowest BCUT2D eigenvalue weighted by Crippen LogP contribution is -2.11. The number of imidazole rings is 1. The molecule has 1 aromatic heterocycles. The van der Waals surface area contributed by atoms with Crippen molar-refractivity contribution >= 4 is 0 Å². The third kappa shape index (κ3) is 3.95. The van der Waals surface area contributed by atoms with Gasteiger partial charge in [-0.3, -0.25) is 0 Å². The molecule has 0 bridgehead atoms. The molecule has 152 valence electrons. The molecule has 0 N–H and O–H groups in total. The summed E-state index contributed by atoms with van der Waals surface area (Å²) in [6.07, 6.45) is 5.83. The summed E-state index contributed by atoms with van der Waals surface area (Å²) in [5.74, 6) is 1.03. The molecule has 0 unspecified atom stereocenters. The standard InChI is InChI=1S/C28H30N2/c1-20(2)25-17-24(18-26(21(3)4)28(25)30-16-15-29-19-30)27(22-11-7-5-8-12-22)23-13-9-6-10-14-23/h5-21,27H,1-4H3. The fraction of sp³-hybridized carbons (Fsp3) is 0.250. The number of hydrogen-bond donors (Lipinski definition) is 0. The Kier molecular flexibility index (Phi) is 5.85. The van der Waals surface area contributed by atoms with E-state index in [-0.39, 0.29) is 5.92 Å². The molecule has 4 rings (SSSR count). The maximum Gasteiger partial charge on any atom is 0.0991 e. The average molecular weight is 395 g/mol. The smallest absolute Gasteiger partial charge is 0.0991 e. The van der Waals surface area contributed by atoms with Gasteiger partial charge in [0, 0.05) is 18.3 Å². The van der Waals surface area contributed by atoms with Crippen LogP contribution in [0.5, 0.6) is 0 Å². The highest BCUT2D eigenvalue weighted by molar-refractivity contribution is 5.56. The van der Waals surface area contributed by atoms with Gasteiger partial charge in [-0.2, -0.15) is 0 Å². The number of aromatic nitrogens is 2. The Morgan fingerprint density at radius 3 is 1.57 bits per heavy atom. The Bertz CT molecular complexity index is 1010. The number of rotatable bonds is 6. The van der Waals surface area contributed by atoms with Crippen LogP contribution in [0.15, 0.2) is 91.5 Å². The summed E-state index contributed by atoms with van der Waals surface area (Å²) in [5, 5.41) is 0. The molecular weight excluding hydrogens is 364 g/mol. The molecule has 0 aliphatic rings. The number of hydrogen-bond acceptors (Lipinski definition) is 1. The third-order valence-corrected chi connectivity index (χ3v) is 5.80. The summed E-state index contributed by atoms with van der Waals surface area (Å²) < 4.78 is 2.18. The summed E-state index contributed by atoms with van der Waals surface area (Å²) in [6.45, 7) is 9.13. The van der Waals surface area contributed by atoms with Crippen molar-refractivity contribution < 1.29 is 0 Å². The highest BCUT2D eigenvalue weighted by Gasteiger charge is 2.23. The Morgan fingerprint density at radius 1 is 0.667 bits per heavy atom. The molecular formula is C28H30N2. The predicted octanol–water partition coefficient (Wildman–Crippen LogP) is 7.30. The van der Waals surface area contributed by atoms with Crippen LogP contribution in [-0.4, -0.2) is 9.55 Å². The van der Waals surface area contributed by atoms with Crippen molar-refractivity contribution in [2.75, 3.05) is 0 Å². The summed E-state index contributed by atoms with van der Waals surface area (Å²) >= 11 is 0. The van der Waals surface area contributed by atoms with E-state index in [1.807, 2.05) is 12.5 Å². The van der Waals surface area contributed by atoms with Crippen LogP contribution in [0.25, 0.3) is 5.69 Å². The van der Waals surface area contributed by atoms with Crippen LogP contribution in [0.4, 0.5) is 0 Å². The van der Waals surface area contributed by atoms with Gasteiger partial charge < -0.3 is 4.57 Å². The van der Waals surface area contributed by atoms with Gasteiger partial charge in [-0.05, 0) is 39.7 Å². The van der Waals surface area contributed by atoms with Crippen LogP contribution in [0.1, 0.15) is 73.3 Å². The first-order valence-corrected chi connectivity index (χ1v) is 10.8. The summed E-state index contributed by atoms with van der Waals surface area (Å²) in [7, 11) is 0. The minimum Gasteiger partial charge on any atom is -0.306 e. The number of benzene rings is 3. The summed E-state index contributed by atoms with van der Waals surface area (Å²) in [6, 6.07) is 26.5. The van der Waals surface area contributed by atoms with E-state index in [1.165, 1.54) is 33.5 Å². The van der Waals surface area contributed by atoms with Gasteiger partial charge in [0.15, 0.2) is 0 Å². The Labute approximate surface area is 180 Å². The fourth-order valence-corrected chi connectivity index (χ4v) is 4.31. The van der Waals surface area contributed by atoms with E-state index >= 15 is 0 Å². The van der Waals surface area contributed by atoms with Crippen molar-refractivity contribution in [2.24, 2.45) is 0 Å². The molecule has 4 aromatic rings. The zero-order chi connectivity index (χ0) is 21.1. The van der Waals surface area contributed by atoms with Gasteiger partial charge in [-0.25, -0.2) is 4.98 Å². The molecule has 0 saturated heterocycles. The molecule has 2 nitrogen and oxygen atoms in total. The van der Waals surface area contributed by atoms with Crippen LogP contribution >= 0.6 is 0 Å². The zero-order valence-corrected chi connectivity index (χ0v) is 18.3.